The smallest absolute Gasteiger partial charge is 0.174 e. The van der Waals surface area contributed by atoms with Crippen LogP contribution in [0.5, 0.6) is 5.75 Å². The molecule has 1 N–H and O–H groups in total. The largest absolute Gasteiger partial charge is 0.490 e. The van der Waals surface area contributed by atoms with Crippen LogP contribution in [-0.2, 0) is 0 Å². The fourth-order valence-electron chi connectivity index (χ4n) is 2.04. The number of ether oxygens (including phenoxy) is 1. The molecule has 0 amide bonds. The first-order valence-electron chi connectivity index (χ1n) is 6.99. The summed E-state index contributed by atoms with van der Waals surface area (Å²) in [4.78, 5) is 8.91. The predicted molar refractivity (Wildman–Crippen MR) is 88.8 cm³/mol. The van der Waals surface area contributed by atoms with Crippen molar-refractivity contribution in [3.63, 3.8) is 0 Å². The lowest BCUT2D eigenvalue weighted by atomic mass is 10.1. The highest BCUT2D eigenvalue weighted by Gasteiger charge is 2.10. The van der Waals surface area contributed by atoms with Crippen molar-refractivity contribution in [1.82, 2.24) is 14.3 Å². The zero-order chi connectivity index (χ0) is 15.4. The third-order valence-corrected chi connectivity index (χ3v) is 3.64. The average molecular weight is 312 g/mol. The Kier molecular flexibility index (Phi) is 4.29. The Morgan fingerprint density at radius 3 is 2.86 bits per heavy atom. The third-order valence-electron chi connectivity index (χ3n) is 3.05. The Morgan fingerprint density at radius 2 is 2.14 bits per heavy atom. The third kappa shape index (κ3) is 3.23. The number of nitrogens with one attached hydrogen (secondary N) is 1. The summed E-state index contributed by atoms with van der Waals surface area (Å²) < 4.78 is 9.83. The molecule has 0 unspecified atom stereocenters. The van der Waals surface area contributed by atoms with Crippen LogP contribution in [0.4, 0.5) is 11.6 Å². The van der Waals surface area contributed by atoms with Crippen LogP contribution in [-0.4, -0.2) is 20.9 Å². The number of hydrogen-bond acceptors (Lipinski definition) is 6. The normalized spacial score (nSPS) is 10.5. The van der Waals surface area contributed by atoms with Gasteiger partial charge in [0.15, 0.2) is 11.6 Å². The van der Waals surface area contributed by atoms with E-state index in [9.17, 15) is 0 Å². The van der Waals surface area contributed by atoms with Crippen LogP contribution in [0.1, 0.15) is 12.6 Å². The minimum atomic E-state index is 0.572. The number of anilines is 2. The Balaban J connectivity index is 1.93. The molecule has 3 aromatic heterocycles. The lowest BCUT2D eigenvalue weighted by Gasteiger charge is -2.12. The molecule has 0 aliphatic heterocycles. The fourth-order valence-corrected chi connectivity index (χ4v) is 2.59. The van der Waals surface area contributed by atoms with Crippen molar-refractivity contribution in [2.24, 2.45) is 0 Å². The van der Waals surface area contributed by atoms with Gasteiger partial charge in [-0.2, -0.15) is 0 Å². The number of aryl methyl sites for hydroxylation is 1. The summed E-state index contributed by atoms with van der Waals surface area (Å²) in [5, 5.41) is 5.20. The van der Waals surface area contributed by atoms with Gasteiger partial charge in [0.2, 0.25) is 0 Å². The van der Waals surface area contributed by atoms with Gasteiger partial charge in [0.25, 0.3) is 0 Å². The lowest BCUT2D eigenvalue weighted by molar-refractivity contribution is 0.341. The van der Waals surface area contributed by atoms with E-state index < -0.39 is 0 Å². The maximum absolute atomic E-state index is 5.71. The van der Waals surface area contributed by atoms with E-state index in [1.54, 1.807) is 0 Å². The van der Waals surface area contributed by atoms with Crippen LogP contribution in [0, 0.1) is 6.92 Å². The molecular weight excluding hydrogens is 296 g/mol. The summed E-state index contributed by atoms with van der Waals surface area (Å²) in [6, 6.07) is 7.78. The Hall–Kier alpha value is -2.47. The van der Waals surface area contributed by atoms with Crippen LogP contribution in [0.2, 0.25) is 0 Å². The van der Waals surface area contributed by atoms with E-state index in [-0.39, 0.29) is 0 Å². The number of nitrogens with zero attached hydrogens (tertiary/aromatic N) is 3. The molecule has 0 saturated heterocycles. The molecular formula is C16H16N4OS. The number of pyridine rings is 2. The second-order valence-corrected chi connectivity index (χ2v) is 5.36. The summed E-state index contributed by atoms with van der Waals surface area (Å²) in [5.41, 5.74) is 2.97. The first-order valence-corrected chi connectivity index (χ1v) is 7.83. The summed E-state index contributed by atoms with van der Waals surface area (Å²) in [6.45, 7) is 4.48. The molecule has 3 aromatic rings. The van der Waals surface area contributed by atoms with Crippen LogP contribution in [0.3, 0.4) is 0 Å². The van der Waals surface area contributed by atoms with Crippen LogP contribution < -0.4 is 10.1 Å². The van der Waals surface area contributed by atoms with Gasteiger partial charge in [-0.3, -0.25) is 0 Å². The van der Waals surface area contributed by atoms with Crippen LogP contribution in [0.25, 0.3) is 11.1 Å². The van der Waals surface area contributed by atoms with E-state index >= 15 is 0 Å². The maximum atomic E-state index is 5.71. The van der Waals surface area contributed by atoms with Gasteiger partial charge >= 0.3 is 0 Å². The molecule has 112 valence electrons. The van der Waals surface area contributed by atoms with Crippen LogP contribution in [0.15, 0.2) is 42.0 Å². The van der Waals surface area contributed by atoms with Gasteiger partial charge in [-0.05, 0) is 43.6 Å². The molecule has 22 heavy (non-hydrogen) atoms. The minimum Gasteiger partial charge on any atom is -0.490 e. The van der Waals surface area contributed by atoms with Gasteiger partial charge in [0.05, 0.1) is 6.61 Å². The van der Waals surface area contributed by atoms with E-state index in [4.69, 9.17) is 4.74 Å². The van der Waals surface area contributed by atoms with Crippen molar-refractivity contribution in [3.05, 3.63) is 47.7 Å². The highest BCUT2D eigenvalue weighted by molar-refractivity contribution is 7.03. The van der Waals surface area contributed by atoms with E-state index in [2.05, 4.69) is 19.7 Å². The minimum absolute atomic E-state index is 0.572. The standard InChI is InChI=1S/C16H16N4OS/c1-3-21-14-7-12(13-9-18-22-10-13)8-17-16(14)20-15-6-4-5-11(2)19-15/h4-10H,3H2,1-2H3,(H,17,19,20). The second-order valence-electron chi connectivity index (χ2n) is 4.71. The Labute approximate surface area is 133 Å². The Morgan fingerprint density at radius 1 is 1.23 bits per heavy atom. The van der Waals surface area contributed by atoms with Gasteiger partial charge in [0, 0.05) is 34.6 Å². The molecule has 0 aromatic carbocycles. The molecule has 0 aliphatic carbocycles. The first-order chi connectivity index (χ1) is 10.8. The molecule has 0 fully saturated rings. The molecule has 0 spiro atoms. The maximum Gasteiger partial charge on any atom is 0.174 e. The van der Waals surface area contributed by atoms with Gasteiger partial charge in [-0.1, -0.05) is 6.07 Å². The van der Waals surface area contributed by atoms with Gasteiger partial charge in [-0.25, -0.2) is 14.3 Å². The summed E-state index contributed by atoms with van der Waals surface area (Å²) in [6.07, 6.45) is 3.64. The molecule has 6 heteroatoms. The molecule has 0 atom stereocenters. The number of rotatable bonds is 5. The van der Waals surface area contributed by atoms with Crippen molar-refractivity contribution in [2.75, 3.05) is 11.9 Å². The van der Waals surface area contributed by atoms with Gasteiger partial charge < -0.3 is 10.1 Å². The molecule has 0 aliphatic rings. The molecule has 0 radical (unpaired) electrons. The molecule has 0 saturated carbocycles. The van der Waals surface area contributed by atoms with Crippen LogP contribution >= 0.6 is 11.5 Å². The highest BCUT2D eigenvalue weighted by Crippen LogP contribution is 2.30. The van der Waals surface area contributed by atoms with E-state index in [1.807, 2.05) is 55.9 Å². The average Bonchev–Trinajstić information content (AvgIpc) is 3.04. The van der Waals surface area contributed by atoms with E-state index in [0.717, 1.165) is 22.6 Å². The van der Waals surface area contributed by atoms with Gasteiger partial charge in [0.1, 0.15) is 5.82 Å². The second kappa shape index (κ2) is 6.53. The van der Waals surface area contributed by atoms with Gasteiger partial charge in [-0.15, -0.1) is 0 Å². The number of aromatic nitrogens is 3. The topological polar surface area (TPSA) is 59.9 Å². The monoisotopic (exact) mass is 312 g/mol. The quantitative estimate of drug-likeness (QED) is 0.770. The SMILES string of the molecule is CCOc1cc(-c2cnsc2)cnc1Nc1cccc(C)n1. The molecule has 3 heterocycles. The fraction of sp³-hybridized carbons (Fsp3) is 0.188. The van der Waals surface area contributed by atoms with Crippen molar-refractivity contribution < 1.29 is 4.74 Å². The van der Waals surface area contributed by atoms with Crippen molar-refractivity contribution >= 4 is 23.2 Å². The highest BCUT2D eigenvalue weighted by atomic mass is 32.1. The summed E-state index contributed by atoms with van der Waals surface area (Å²) in [5.74, 6) is 2.11. The van der Waals surface area contributed by atoms with Crippen molar-refractivity contribution in [1.29, 1.82) is 0 Å². The first kappa shape index (κ1) is 14.5. The summed E-state index contributed by atoms with van der Waals surface area (Å²) in [7, 11) is 0. The lowest BCUT2D eigenvalue weighted by Crippen LogP contribution is -2.02. The van der Waals surface area contributed by atoms with Crippen molar-refractivity contribution in [3.8, 4) is 16.9 Å². The van der Waals surface area contributed by atoms with Crippen molar-refractivity contribution in [2.45, 2.75) is 13.8 Å². The Bertz CT molecular complexity index is 759. The molecule has 3 rings (SSSR count). The van der Waals surface area contributed by atoms with E-state index in [1.165, 1.54) is 11.5 Å². The number of hydrogen-bond donors (Lipinski definition) is 1. The summed E-state index contributed by atoms with van der Waals surface area (Å²) >= 11 is 1.42. The predicted octanol–water partition coefficient (Wildman–Crippen LogP) is 4.05. The molecule has 5 nitrogen and oxygen atoms in total. The zero-order valence-corrected chi connectivity index (χ0v) is 13.2. The molecule has 0 bridgehead atoms. The van der Waals surface area contributed by atoms with E-state index in [0.29, 0.717) is 18.2 Å². The zero-order valence-electron chi connectivity index (χ0n) is 12.4.